The van der Waals surface area contributed by atoms with Crippen LogP contribution in [0.5, 0.6) is 0 Å². The van der Waals surface area contributed by atoms with Crippen LogP contribution in [0.3, 0.4) is 0 Å². The molecule has 0 saturated carbocycles. The molecule has 0 saturated heterocycles. The molecule has 0 atom stereocenters. The maximum Gasteiger partial charge on any atom is 0.255 e. The van der Waals surface area contributed by atoms with Gasteiger partial charge < -0.3 is 15.6 Å². The van der Waals surface area contributed by atoms with E-state index in [-0.39, 0.29) is 5.56 Å². The lowest BCUT2D eigenvalue weighted by molar-refractivity contribution is 0.305. The molecule has 0 fully saturated rings. The number of rotatable bonds is 5. The van der Waals surface area contributed by atoms with E-state index in [1.165, 1.54) is 0 Å². The van der Waals surface area contributed by atoms with Gasteiger partial charge in [0.05, 0.1) is 5.56 Å². The van der Waals surface area contributed by atoms with E-state index in [1.807, 2.05) is 0 Å². The Labute approximate surface area is 95.7 Å². The number of hydrogen-bond acceptors (Lipinski definition) is 4. The van der Waals surface area contributed by atoms with Crippen molar-refractivity contribution in [3.63, 3.8) is 0 Å². The maximum atomic E-state index is 11.5. The van der Waals surface area contributed by atoms with Crippen molar-refractivity contribution in [2.75, 3.05) is 25.4 Å². The Morgan fingerprint density at radius 3 is 2.50 bits per heavy atom. The number of aromatic nitrogens is 2. The molecular formula is C11H20N4O. The van der Waals surface area contributed by atoms with Crippen LogP contribution in [-0.2, 0) is 6.42 Å². The first-order valence-corrected chi connectivity index (χ1v) is 5.66. The highest BCUT2D eigenvalue weighted by Gasteiger charge is 2.05. The molecule has 0 aliphatic carbocycles. The summed E-state index contributed by atoms with van der Waals surface area (Å²) < 4.78 is 0. The summed E-state index contributed by atoms with van der Waals surface area (Å²) in [5.41, 5.74) is 6.00. The molecule has 0 aliphatic rings. The van der Waals surface area contributed by atoms with Crippen LogP contribution >= 0.6 is 0 Å². The molecule has 1 heterocycles. The highest BCUT2D eigenvalue weighted by Crippen LogP contribution is 2.01. The van der Waals surface area contributed by atoms with E-state index in [1.54, 1.807) is 6.92 Å². The molecule has 5 heteroatoms. The molecule has 0 aliphatic heterocycles. The first-order valence-electron chi connectivity index (χ1n) is 5.66. The molecule has 0 aromatic carbocycles. The van der Waals surface area contributed by atoms with Crippen LogP contribution in [0, 0.1) is 6.92 Å². The molecule has 16 heavy (non-hydrogen) atoms. The summed E-state index contributed by atoms with van der Waals surface area (Å²) in [5, 5.41) is 0. The lowest BCUT2D eigenvalue weighted by Gasteiger charge is -2.17. The fourth-order valence-electron chi connectivity index (χ4n) is 1.52. The predicted octanol–water partition coefficient (Wildman–Crippen LogP) is 0.545. The number of nitrogens with two attached hydrogens (primary N) is 1. The van der Waals surface area contributed by atoms with E-state index in [9.17, 15) is 4.79 Å². The van der Waals surface area contributed by atoms with Gasteiger partial charge in [0.25, 0.3) is 5.56 Å². The largest absolute Gasteiger partial charge is 0.383 e. The minimum Gasteiger partial charge on any atom is -0.383 e. The molecule has 1 rings (SSSR count). The summed E-state index contributed by atoms with van der Waals surface area (Å²) in [7, 11) is 0. The van der Waals surface area contributed by atoms with E-state index in [2.05, 4.69) is 28.7 Å². The fourth-order valence-corrected chi connectivity index (χ4v) is 1.52. The van der Waals surface area contributed by atoms with E-state index in [0.29, 0.717) is 17.2 Å². The van der Waals surface area contributed by atoms with Crippen LogP contribution < -0.4 is 11.3 Å². The zero-order chi connectivity index (χ0) is 12.1. The number of anilines is 1. The third-order valence-corrected chi connectivity index (χ3v) is 2.80. The standard InChI is InChI=1S/C11H20N4O/c1-4-15(5-2)7-6-9-13-10(12)8(3)11(16)14-9/h4-7H2,1-3H3,(H3,12,13,14,16). The Morgan fingerprint density at radius 2 is 2.00 bits per heavy atom. The van der Waals surface area contributed by atoms with Gasteiger partial charge in [-0.15, -0.1) is 0 Å². The Kier molecular flexibility index (Phi) is 4.49. The SMILES string of the molecule is CCN(CC)CCc1nc(N)c(C)c(=O)[nH]1. The van der Waals surface area contributed by atoms with Crippen LogP contribution in [-0.4, -0.2) is 34.5 Å². The summed E-state index contributed by atoms with van der Waals surface area (Å²) in [6.07, 6.45) is 0.724. The molecule has 0 radical (unpaired) electrons. The average molecular weight is 224 g/mol. The number of likely N-dealkylation sites (N-methyl/N-ethyl adjacent to an activating group) is 1. The van der Waals surface area contributed by atoms with Gasteiger partial charge >= 0.3 is 0 Å². The Bertz CT molecular complexity index is 395. The Hall–Kier alpha value is -1.36. The van der Waals surface area contributed by atoms with Crippen molar-refractivity contribution in [2.45, 2.75) is 27.2 Å². The number of aromatic amines is 1. The topological polar surface area (TPSA) is 75.0 Å². The molecule has 0 bridgehead atoms. The molecular weight excluding hydrogens is 204 g/mol. The molecule has 1 aromatic rings. The summed E-state index contributed by atoms with van der Waals surface area (Å²) >= 11 is 0. The van der Waals surface area contributed by atoms with Crippen LogP contribution in [0.25, 0.3) is 0 Å². The minimum absolute atomic E-state index is 0.137. The second-order valence-corrected chi connectivity index (χ2v) is 3.80. The van der Waals surface area contributed by atoms with Crippen molar-refractivity contribution in [1.82, 2.24) is 14.9 Å². The van der Waals surface area contributed by atoms with Crippen LogP contribution in [0.4, 0.5) is 5.82 Å². The van der Waals surface area contributed by atoms with Crippen molar-refractivity contribution in [3.8, 4) is 0 Å². The zero-order valence-corrected chi connectivity index (χ0v) is 10.2. The molecule has 5 nitrogen and oxygen atoms in total. The zero-order valence-electron chi connectivity index (χ0n) is 10.2. The second kappa shape index (κ2) is 5.65. The number of nitrogens with one attached hydrogen (secondary N) is 1. The summed E-state index contributed by atoms with van der Waals surface area (Å²) in [6.45, 7) is 8.80. The molecule has 0 unspecified atom stereocenters. The van der Waals surface area contributed by atoms with Gasteiger partial charge in [0.1, 0.15) is 11.6 Å². The first-order chi connectivity index (χ1) is 7.58. The quantitative estimate of drug-likeness (QED) is 0.765. The molecule has 0 spiro atoms. The highest BCUT2D eigenvalue weighted by molar-refractivity contribution is 5.36. The number of nitrogen functional groups attached to an aromatic ring is 1. The van der Waals surface area contributed by atoms with Gasteiger partial charge in [-0.05, 0) is 20.0 Å². The third-order valence-electron chi connectivity index (χ3n) is 2.80. The van der Waals surface area contributed by atoms with E-state index >= 15 is 0 Å². The minimum atomic E-state index is -0.137. The van der Waals surface area contributed by atoms with Crippen LogP contribution in [0.2, 0.25) is 0 Å². The van der Waals surface area contributed by atoms with Gasteiger partial charge in [0.2, 0.25) is 0 Å². The summed E-state index contributed by atoms with van der Waals surface area (Å²) in [4.78, 5) is 20.6. The fraction of sp³-hybridized carbons (Fsp3) is 0.636. The van der Waals surface area contributed by atoms with E-state index < -0.39 is 0 Å². The average Bonchev–Trinajstić information content (AvgIpc) is 2.27. The van der Waals surface area contributed by atoms with Crippen molar-refractivity contribution < 1.29 is 0 Å². The van der Waals surface area contributed by atoms with Gasteiger partial charge in [0, 0.05) is 13.0 Å². The second-order valence-electron chi connectivity index (χ2n) is 3.80. The predicted molar refractivity (Wildman–Crippen MR) is 65.5 cm³/mol. The van der Waals surface area contributed by atoms with Crippen molar-refractivity contribution in [3.05, 3.63) is 21.7 Å². The van der Waals surface area contributed by atoms with Crippen molar-refractivity contribution >= 4 is 5.82 Å². The van der Waals surface area contributed by atoms with Crippen molar-refractivity contribution in [1.29, 1.82) is 0 Å². The van der Waals surface area contributed by atoms with E-state index in [4.69, 9.17) is 5.73 Å². The normalized spacial score (nSPS) is 11.0. The third kappa shape index (κ3) is 3.06. The molecule has 90 valence electrons. The first kappa shape index (κ1) is 12.7. The Morgan fingerprint density at radius 1 is 1.38 bits per heavy atom. The van der Waals surface area contributed by atoms with Crippen molar-refractivity contribution in [2.24, 2.45) is 0 Å². The van der Waals surface area contributed by atoms with Gasteiger partial charge in [0.15, 0.2) is 0 Å². The lowest BCUT2D eigenvalue weighted by Crippen LogP contribution is -2.27. The van der Waals surface area contributed by atoms with Gasteiger partial charge in [-0.25, -0.2) is 4.98 Å². The van der Waals surface area contributed by atoms with Gasteiger partial charge in [-0.3, -0.25) is 4.79 Å². The molecule has 0 amide bonds. The molecule has 1 aromatic heterocycles. The smallest absolute Gasteiger partial charge is 0.255 e. The summed E-state index contributed by atoms with van der Waals surface area (Å²) in [6, 6.07) is 0. The highest BCUT2D eigenvalue weighted by atomic mass is 16.1. The molecule has 3 N–H and O–H groups in total. The number of H-pyrrole nitrogens is 1. The van der Waals surface area contributed by atoms with Crippen LogP contribution in [0.15, 0.2) is 4.79 Å². The van der Waals surface area contributed by atoms with Gasteiger partial charge in [-0.2, -0.15) is 0 Å². The lowest BCUT2D eigenvalue weighted by atomic mass is 10.3. The number of hydrogen-bond donors (Lipinski definition) is 2. The van der Waals surface area contributed by atoms with Crippen LogP contribution in [0.1, 0.15) is 25.2 Å². The maximum absolute atomic E-state index is 11.5. The number of nitrogens with zero attached hydrogens (tertiary/aromatic N) is 2. The summed E-state index contributed by atoms with van der Waals surface area (Å²) in [5.74, 6) is 0.998. The monoisotopic (exact) mass is 224 g/mol. The Balaban J connectivity index is 2.72. The van der Waals surface area contributed by atoms with Gasteiger partial charge in [-0.1, -0.05) is 13.8 Å². The van der Waals surface area contributed by atoms with E-state index in [0.717, 1.165) is 26.1 Å².